The molecule has 1 aromatic carbocycles. The number of benzene rings is 1. The van der Waals surface area contributed by atoms with Gasteiger partial charge in [-0.25, -0.2) is 0 Å². The molecule has 0 aliphatic rings. The highest BCUT2D eigenvalue weighted by molar-refractivity contribution is 5.86. The van der Waals surface area contributed by atoms with Crippen LogP contribution in [0.5, 0.6) is 5.75 Å². The Morgan fingerprint density at radius 3 is 2.47 bits per heavy atom. The van der Waals surface area contributed by atoms with Crippen LogP contribution >= 0.6 is 0 Å². The van der Waals surface area contributed by atoms with Gasteiger partial charge in [0.2, 0.25) is 0 Å². The molecule has 90 valence electrons. The van der Waals surface area contributed by atoms with E-state index in [2.05, 4.69) is 39.8 Å². The Bertz CT molecular complexity index is 558. The van der Waals surface area contributed by atoms with E-state index in [0.717, 1.165) is 22.5 Å². The first-order valence-electron chi connectivity index (χ1n) is 5.99. The molecule has 0 atom stereocenters. The second kappa shape index (κ2) is 4.36. The average molecular weight is 229 g/mol. The summed E-state index contributed by atoms with van der Waals surface area (Å²) in [5.74, 6) is 1.36. The van der Waals surface area contributed by atoms with Gasteiger partial charge in [-0.1, -0.05) is 13.8 Å². The van der Waals surface area contributed by atoms with E-state index in [4.69, 9.17) is 9.72 Å². The van der Waals surface area contributed by atoms with Crippen molar-refractivity contribution < 1.29 is 4.74 Å². The lowest BCUT2D eigenvalue weighted by atomic mass is 10.0. The molecule has 0 saturated carbocycles. The van der Waals surface area contributed by atoms with E-state index in [1.54, 1.807) is 7.11 Å². The predicted molar refractivity (Wildman–Crippen MR) is 71.9 cm³/mol. The van der Waals surface area contributed by atoms with Crippen molar-refractivity contribution in [3.8, 4) is 5.75 Å². The first-order chi connectivity index (χ1) is 8.04. The Labute approximate surface area is 103 Å². The number of nitrogens with zero attached hydrogens (tertiary/aromatic N) is 1. The summed E-state index contributed by atoms with van der Waals surface area (Å²) in [5.41, 5.74) is 4.61. The number of pyridine rings is 1. The maximum Gasteiger partial charge on any atom is 0.123 e. The Morgan fingerprint density at radius 2 is 1.88 bits per heavy atom. The van der Waals surface area contributed by atoms with Gasteiger partial charge >= 0.3 is 0 Å². The summed E-state index contributed by atoms with van der Waals surface area (Å²) in [4.78, 5) is 4.76. The highest BCUT2D eigenvalue weighted by atomic mass is 16.5. The Balaban J connectivity index is 2.79. The van der Waals surface area contributed by atoms with Gasteiger partial charge in [0.25, 0.3) is 0 Å². The molecular weight excluding hydrogens is 210 g/mol. The van der Waals surface area contributed by atoms with Crippen molar-refractivity contribution >= 4 is 10.9 Å². The summed E-state index contributed by atoms with van der Waals surface area (Å²) in [7, 11) is 1.70. The van der Waals surface area contributed by atoms with Gasteiger partial charge in [0.15, 0.2) is 0 Å². The van der Waals surface area contributed by atoms with Gasteiger partial charge < -0.3 is 4.74 Å². The molecule has 0 bridgehead atoms. The van der Waals surface area contributed by atoms with Crippen LogP contribution in [-0.4, -0.2) is 12.1 Å². The third-order valence-electron chi connectivity index (χ3n) is 3.22. The maximum atomic E-state index is 5.35. The molecule has 1 heterocycles. The molecule has 0 aliphatic heterocycles. The van der Waals surface area contributed by atoms with Gasteiger partial charge in [0, 0.05) is 16.6 Å². The standard InChI is InChI=1S/C15H19NO/c1-9(2)13-8-10(3)12-6-7-14(17-5)11(4)15(12)16-13/h6-9H,1-5H3. The molecule has 1 aromatic heterocycles. The smallest absolute Gasteiger partial charge is 0.123 e. The van der Waals surface area contributed by atoms with Crippen LogP contribution in [0.15, 0.2) is 18.2 Å². The van der Waals surface area contributed by atoms with Crippen LogP contribution in [0.3, 0.4) is 0 Å². The molecule has 0 radical (unpaired) electrons. The van der Waals surface area contributed by atoms with Crippen molar-refractivity contribution in [2.45, 2.75) is 33.6 Å². The summed E-state index contributed by atoms with van der Waals surface area (Å²) in [6, 6.07) is 6.29. The fourth-order valence-corrected chi connectivity index (χ4v) is 2.12. The van der Waals surface area contributed by atoms with Crippen molar-refractivity contribution in [2.24, 2.45) is 0 Å². The lowest BCUT2D eigenvalue weighted by Crippen LogP contribution is -1.98. The normalized spacial score (nSPS) is 11.2. The van der Waals surface area contributed by atoms with Gasteiger partial charge in [-0.15, -0.1) is 0 Å². The van der Waals surface area contributed by atoms with Crippen LogP contribution in [0.4, 0.5) is 0 Å². The number of methoxy groups -OCH3 is 1. The Hall–Kier alpha value is -1.57. The third kappa shape index (κ3) is 1.99. The molecule has 0 unspecified atom stereocenters. The second-order valence-corrected chi connectivity index (χ2v) is 4.81. The van der Waals surface area contributed by atoms with Gasteiger partial charge in [0.05, 0.1) is 12.6 Å². The summed E-state index contributed by atoms with van der Waals surface area (Å²) >= 11 is 0. The van der Waals surface area contributed by atoms with Gasteiger partial charge in [-0.3, -0.25) is 4.98 Å². The minimum Gasteiger partial charge on any atom is -0.496 e. The van der Waals surface area contributed by atoms with Gasteiger partial charge in [-0.2, -0.15) is 0 Å². The number of aryl methyl sites for hydroxylation is 2. The van der Waals surface area contributed by atoms with Crippen molar-refractivity contribution in [1.82, 2.24) is 4.98 Å². The molecule has 0 spiro atoms. The predicted octanol–water partition coefficient (Wildman–Crippen LogP) is 3.98. The second-order valence-electron chi connectivity index (χ2n) is 4.81. The van der Waals surface area contributed by atoms with E-state index >= 15 is 0 Å². The summed E-state index contributed by atoms with van der Waals surface area (Å²) in [6.07, 6.45) is 0. The number of fused-ring (bicyclic) bond motifs is 1. The van der Waals surface area contributed by atoms with E-state index < -0.39 is 0 Å². The van der Waals surface area contributed by atoms with Crippen molar-refractivity contribution in [3.63, 3.8) is 0 Å². The lowest BCUT2D eigenvalue weighted by molar-refractivity contribution is 0.412. The Kier molecular flexibility index (Phi) is 3.05. The highest BCUT2D eigenvalue weighted by Crippen LogP contribution is 2.29. The molecular formula is C15H19NO. The number of hydrogen-bond acceptors (Lipinski definition) is 2. The molecule has 17 heavy (non-hydrogen) atoms. The fourth-order valence-electron chi connectivity index (χ4n) is 2.12. The molecule has 2 nitrogen and oxygen atoms in total. The fraction of sp³-hybridized carbons (Fsp3) is 0.400. The van der Waals surface area contributed by atoms with E-state index in [0.29, 0.717) is 5.92 Å². The monoisotopic (exact) mass is 229 g/mol. The summed E-state index contributed by atoms with van der Waals surface area (Å²) in [5, 5.41) is 1.22. The van der Waals surface area contributed by atoms with Gasteiger partial charge in [0.1, 0.15) is 5.75 Å². The average Bonchev–Trinajstić information content (AvgIpc) is 2.30. The highest BCUT2D eigenvalue weighted by Gasteiger charge is 2.10. The van der Waals surface area contributed by atoms with E-state index in [1.165, 1.54) is 10.9 Å². The molecule has 0 amide bonds. The van der Waals surface area contributed by atoms with Crippen molar-refractivity contribution in [1.29, 1.82) is 0 Å². The summed E-state index contributed by atoms with van der Waals surface area (Å²) < 4.78 is 5.35. The molecule has 0 fully saturated rings. The van der Waals surface area contributed by atoms with Crippen LogP contribution in [-0.2, 0) is 0 Å². The molecule has 2 aromatic rings. The van der Waals surface area contributed by atoms with Crippen LogP contribution in [0.2, 0.25) is 0 Å². The molecule has 0 saturated heterocycles. The van der Waals surface area contributed by atoms with Crippen LogP contribution < -0.4 is 4.74 Å². The Morgan fingerprint density at radius 1 is 1.18 bits per heavy atom. The van der Waals surface area contributed by atoms with Crippen LogP contribution in [0.25, 0.3) is 10.9 Å². The van der Waals surface area contributed by atoms with Crippen LogP contribution in [0, 0.1) is 13.8 Å². The number of hydrogen-bond donors (Lipinski definition) is 0. The maximum absolute atomic E-state index is 5.35. The van der Waals surface area contributed by atoms with E-state index in [9.17, 15) is 0 Å². The zero-order chi connectivity index (χ0) is 12.6. The SMILES string of the molecule is COc1ccc2c(C)cc(C(C)C)nc2c1C. The first-order valence-corrected chi connectivity index (χ1v) is 5.99. The van der Waals surface area contributed by atoms with Gasteiger partial charge in [-0.05, 0) is 43.5 Å². The number of aromatic nitrogens is 1. The summed E-state index contributed by atoms with van der Waals surface area (Å²) in [6.45, 7) is 8.55. The number of rotatable bonds is 2. The minimum absolute atomic E-state index is 0.448. The topological polar surface area (TPSA) is 22.1 Å². The van der Waals surface area contributed by atoms with Crippen molar-refractivity contribution in [2.75, 3.05) is 7.11 Å². The first kappa shape index (κ1) is 11.9. The quantitative estimate of drug-likeness (QED) is 0.777. The van der Waals surface area contributed by atoms with Crippen LogP contribution in [0.1, 0.15) is 36.6 Å². The molecule has 0 N–H and O–H groups in total. The lowest BCUT2D eigenvalue weighted by Gasteiger charge is -2.12. The van der Waals surface area contributed by atoms with Crippen molar-refractivity contribution in [3.05, 3.63) is 35.0 Å². The zero-order valence-electron chi connectivity index (χ0n) is 11.2. The van der Waals surface area contributed by atoms with E-state index in [1.807, 2.05) is 6.07 Å². The minimum atomic E-state index is 0.448. The molecule has 0 aliphatic carbocycles. The largest absolute Gasteiger partial charge is 0.496 e. The number of ether oxygens (including phenoxy) is 1. The molecule has 2 heteroatoms. The molecule has 2 rings (SSSR count). The zero-order valence-corrected chi connectivity index (χ0v) is 11.2. The van der Waals surface area contributed by atoms with E-state index in [-0.39, 0.29) is 0 Å². The third-order valence-corrected chi connectivity index (χ3v) is 3.22.